The summed E-state index contributed by atoms with van der Waals surface area (Å²) in [6.45, 7) is 0. The van der Waals surface area contributed by atoms with E-state index in [0.717, 1.165) is 88.6 Å². The monoisotopic (exact) mass is 779 g/mol. The zero-order valence-corrected chi connectivity index (χ0v) is 33.1. The van der Waals surface area contributed by atoms with Gasteiger partial charge in [0.25, 0.3) is 0 Å². The minimum atomic E-state index is 0.844. The summed E-state index contributed by atoms with van der Waals surface area (Å²) >= 11 is 0. The molecule has 10 aromatic carbocycles. The van der Waals surface area contributed by atoms with Crippen LogP contribution in [0.25, 0.3) is 99.2 Å². The van der Waals surface area contributed by atoms with Crippen LogP contribution in [0.5, 0.6) is 0 Å². The van der Waals surface area contributed by atoms with Crippen LogP contribution < -0.4 is 4.90 Å². The van der Waals surface area contributed by atoms with Gasteiger partial charge in [-0.3, -0.25) is 0 Å². The summed E-state index contributed by atoms with van der Waals surface area (Å²) in [4.78, 5) is 2.34. The first kappa shape index (κ1) is 34.9. The molecule has 0 spiro atoms. The van der Waals surface area contributed by atoms with Crippen LogP contribution in [0.1, 0.15) is 0 Å². The highest BCUT2D eigenvalue weighted by molar-refractivity contribution is 6.14. The molecule has 0 aliphatic rings. The molecule has 0 saturated carbocycles. The van der Waals surface area contributed by atoms with Gasteiger partial charge in [-0.25, -0.2) is 0 Å². The van der Waals surface area contributed by atoms with Gasteiger partial charge in [-0.05, 0) is 98.8 Å². The number of para-hydroxylation sites is 3. The Hall–Kier alpha value is -8.14. The summed E-state index contributed by atoms with van der Waals surface area (Å²) < 4.78 is 13.3. The van der Waals surface area contributed by atoms with Gasteiger partial charge in [-0.2, -0.15) is 0 Å². The Balaban J connectivity index is 1.02. The zero-order chi connectivity index (χ0) is 40.3. The average Bonchev–Trinajstić information content (AvgIpc) is 3.89. The Morgan fingerprint density at radius 1 is 0.279 bits per heavy atom. The second-order valence-electron chi connectivity index (χ2n) is 15.7. The van der Waals surface area contributed by atoms with Crippen LogP contribution >= 0.6 is 0 Å². The molecule has 0 fully saturated rings. The van der Waals surface area contributed by atoms with Crippen LogP contribution in [0.3, 0.4) is 0 Å². The minimum absolute atomic E-state index is 0.844. The average molecular weight is 780 g/mol. The highest BCUT2D eigenvalue weighted by Crippen LogP contribution is 2.46. The summed E-state index contributed by atoms with van der Waals surface area (Å²) in [5.74, 6) is 0. The van der Waals surface area contributed by atoms with Gasteiger partial charge in [-0.15, -0.1) is 0 Å². The molecule has 0 atom stereocenters. The number of benzene rings is 10. The van der Waals surface area contributed by atoms with Gasteiger partial charge in [0.1, 0.15) is 22.3 Å². The van der Waals surface area contributed by atoms with Crippen LogP contribution in [-0.2, 0) is 0 Å². The standard InChI is InChI=1S/C58H37NO2/c1-3-14-39(15-4-1)46-32-28-43(34-52(46)40-16-5-2-6-17-40)38-26-29-44(30-27-38)59(45-31-33-49-48-21-10-12-25-55(48)60-57(49)37-45)54-24-11-9-20-47(54)50-22-13-23-51-53-35-41-18-7-8-19-42(41)36-56(53)61-58(50)51/h1-37H. The van der Waals surface area contributed by atoms with E-state index in [-0.39, 0.29) is 0 Å². The predicted molar refractivity (Wildman–Crippen MR) is 255 cm³/mol. The largest absolute Gasteiger partial charge is 0.456 e. The summed E-state index contributed by atoms with van der Waals surface area (Å²) in [5, 5.41) is 6.77. The topological polar surface area (TPSA) is 29.5 Å². The molecule has 0 aliphatic heterocycles. The normalized spacial score (nSPS) is 11.6. The minimum Gasteiger partial charge on any atom is -0.456 e. The first-order valence-corrected chi connectivity index (χ1v) is 20.7. The van der Waals surface area contributed by atoms with Gasteiger partial charge < -0.3 is 13.7 Å². The van der Waals surface area contributed by atoms with E-state index in [0.29, 0.717) is 0 Å². The van der Waals surface area contributed by atoms with Crippen molar-refractivity contribution >= 4 is 71.7 Å². The van der Waals surface area contributed by atoms with E-state index in [4.69, 9.17) is 8.83 Å². The molecule has 286 valence electrons. The lowest BCUT2D eigenvalue weighted by atomic mass is 9.91. The Morgan fingerprint density at radius 3 is 1.70 bits per heavy atom. The first-order valence-electron chi connectivity index (χ1n) is 20.7. The molecule has 0 bridgehead atoms. The summed E-state index contributed by atoms with van der Waals surface area (Å²) in [5.41, 5.74) is 15.7. The molecule has 0 amide bonds. The van der Waals surface area contributed by atoms with Gasteiger partial charge in [0.15, 0.2) is 0 Å². The van der Waals surface area contributed by atoms with Crippen LogP contribution in [-0.4, -0.2) is 0 Å². The summed E-state index contributed by atoms with van der Waals surface area (Å²) in [6, 6.07) is 79.9. The fourth-order valence-electron chi connectivity index (χ4n) is 9.13. The molecule has 0 N–H and O–H groups in total. The third kappa shape index (κ3) is 5.98. The smallest absolute Gasteiger partial charge is 0.143 e. The van der Waals surface area contributed by atoms with Crippen molar-refractivity contribution in [3.63, 3.8) is 0 Å². The molecular weight excluding hydrogens is 743 g/mol. The van der Waals surface area contributed by atoms with E-state index < -0.39 is 0 Å². The van der Waals surface area contributed by atoms with Gasteiger partial charge in [0.05, 0.1) is 5.69 Å². The molecule has 2 heterocycles. The van der Waals surface area contributed by atoms with Gasteiger partial charge >= 0.3 is 0 Å². The van der Waals surface area contributed by atoms with Crippen molar-refractivity contribution in [2.75, 3.05) is 4.90 Å². The zero-order valence-electron chi connectivity index (χ0n) is 33.1. The van der Waals surface area contributed by atoms with E-state index in [1.54, 1.807) is 0 Å². The number of anilines is 3. The van der Waals surface area contributed by atoms with E-state index in [2.05, 4.69) is 217 Å². The molecule has 0 unspecified atom stereocenters. The predicted octanol–water partition coefficient (Wildman–Crippen LogP) is 16.8. The lowest BCUT2D eigenvalue weighted by Gasteiger charge is -2.28. The quantitative estimate of drug-likeness (QED) is 0.161. The fraction of sp³-hybridized carbons (Fsp3) is 0. The van der Waals surface area contributed by atoms with Crippen LogP contribution in [0, 0.1) is 0 Å². The number of fused-ring (bicyclic) bond motifs is 7. The van der Waals surface area contributed by atoms with Crippen molar-refractivity contribution in [2.24, 2.45) is 0 Å². The number of hydrogen-bond acceptors (Lipinski definition) is 3. The lowest BCUT2D eigenvalue weighted by molar-refractivity contribution is 0.669. The highest BCUT2D eigenvalue weighted by atomic mass is 16.3. The summed E-state index contributed by atoms with van der Waals surface area (Å²) in [7, 11) is 0. The SMILES string of the molecule is c1ccc(-c2ccc(-c3ccc(N(c4ccc5c(c4)oc4ccccc45)c4ccccc4-c4cccc5c4oc4cc6ccccc6cc45)cc3)cc2-c2ccccc2)cc1. The molecule has 12 aromatic rings. The molecule has 0 radical (unpaired) electrons. The van der Waals surface area contributed by atoms with E-state index in [1.165, 1.54) is 27.6 Å². The van der Waals surface area contributed by atoms with Crippen LogP contribution in [0.2, 0.25) is 0 Å². The highest BCUT2D eigenvalue weighted by Gasteiger charge is 2.22. The molecular formula is C58H37NO2. The lowest BCUT2D eigenvalue weighted by Crippen LogP contribution is -2.11. The maximum Gasteiger partial charge on any atom is 0.143 e. The third-order valence-electron chi connectivity index (χ3n) is 12.1. The van der Waals surface area contributed by atoms with Crippen molar-refractivity contribution in [3.05, 3.63) is 224 Å². The molecule has 2 aromatic heterocycles. The van der Waals surface area contributed by atoms with Crippen molar-refractivity contribution in [1.29, 1.82) is 0 Å². The molecule has 61 heavy (non-hydrogen) atoms. The second kappa shape index (κ2) is 14.3. The number of nitrogens with zero attached hydrogens (tertiary/aromatic N) is 1. The maximum atomic E-state index is 6.79. The van der Waals surface area contributed by atoms with Crippen LogP contribution in [0.15, 0.2) is 233 Å². The maximum absolute atomic E-state index is 6.79. The Morgan fingerprint density at radius 2 is 0.885 bits per heavy atom. The Kier molecular flexibility index (Phi) is 8.17. The van der Waals surface area contributed by atoms with Crippen molar-refractivity contribution < 1.29 is 8.83 Å². The van der Waals surface area contributed by atoms with E-state index in [1.807, 2.05) is 12.1 Å². The van der Waals surface area contributed by atoms with Crippen molar-refractivity contribution in [3.8, 4) is 44.5 Å². The molecule has 3 nitrogen and oxygen atoms in total. The van der Waals surface area contributed by atoms with E-state index in [9.17, 15) is 0 Å². The summed E-state index contributed by atoms with van der Waals surface area (Å²) in [6.07, 6.45) is 0. The number of hydrogen-bond donors (Lipinski definition) is 0. The molecule has 12 rings (SSSR count). The van der Waals surface area contributed by atoms with Crippen molar-refractivity contribution in [1.82, 2.24) is 0 Å². The molecule has 0 aliphatic carbocycles. The number of furan rings is 2. The van der Waals surface area contributed by atoms with Gasteiger partial charge in [-0.1, -0.05) is 164 Å². The van der Waals surface area contributed by atoms with Gasteiger partial charge in [0.2, 0.25) is 0 Å². The Bertz CT molecular complexity index is 3580. The van der Waals surface area contributed by atoms with Gasteiger partial charge in [0, 0.05) is 50.1 Å². The fourth-order valence-corrected chi connectivity index (χ4v) is 9.13. The Labute approximate surface area is 353 Å². The van der Waals surface area contributed by atoms with Crippen molar-refractivity contribution in [2.45, 2.75) is 0 Å². The van der Waals surface area contributed by atoms with E-state index >= 15 is 0 Å². The first-order chi connectivity index (χ1) is 30.2. The number of rotatable bonds is 7. The van der Waals surface area contributed by atoms with Crippen LogP contribution in [0.4, 0.5) is 17.1 Å². The molecule has 3 heteroatoms. The third-order valence-corrected chi connectivity index (χ3v) is 12.1. The molecule has 0 saturated heterocycles. The second-order valence-corrected chi connectivity index (χ2v) is 15.7.